The summed E-state index contributed by atoms with van der Waals surface area (Å²) in [6.45, 7) is 2.54. The highest BCUT2D eigenvalue weighted by molar-refractivity contribution is 5.01. The van der Waals surface area contributed by atoms with Crippen LogP contribution in [-0.2, 0) is 4.74 Å². The summed E-state index contributed by atoms with van der Waals surface area (Å²) in [7, 11) is 0. The molecule has 1 saturated carbocycles. The molecule has 2 bridgehead atoms. The molecular formula is C16H30O2. The first kappa shape index (κ1) is 14.3. The van der Waals surface area contributed by atoms with Crippen LogP contribution in [0.3, 0.4) is 0 Å². The zero-order chi connectivity index (χ0) is 12.8. The van der Waals surface area contributed by atoms with E-state index in [9.17, 15) is 5.11 Å². The maximum atomic E-state index is 9.82. The van der Waals surface area contributed by atoms with E-state index in [1.165, 1.54) is 51.4 Å². The average molecular weight is 254 g/mol. The molecule has 2 saturated heterocycles. The van der Waals surface area contributed by atoms with Gasteiger partial charge in [0.25, 0.3) is 0 Å². The molecule has 0 aromatic heterocycles. The molecule has 1 aliphatic carbocycles. The fourth-order valence-electron chi connectivity index (χ4n) is 3.81. The van der Waals surface area contributed by atoms with Crippen LogP contribution in [0, 0.1) is 5.41 Å². The molecule has 106 valence electrons. The minimum absolute atomic E-state index is 0.0913. The van der Waals surface area contributed by atoms with Crippen LogP contribution in [0.1, 0.15) is 77.6 Å². The molecule has 0 amide bonds. The molecule has 0 radical (unpaired) electrons. The normalized spacial score (nSPS) is 39.0. The standard InChI is InChI=1S/C16H30O2/c1-2-16(13-17)14-11-9-7-5-3-4-6-8-10-12-15(16)18-14/h14-15,17H,2-13H2,1H3. The predicted molar refractivity (Wildman–Crippen MR) is 74.6 cm³/mol. The van der Waals surface area contributed by atoms with E-state index in [0.717, 1.165) is 19.3 Å². The van der Waals surface area contributed by atoms with Gasteiger partial charge < -0.3 is 9.84 Å². The third kappa shape index (κ3) is 2.91. The van der Waals surface area contributed by atoms with Crippen molar-refractivity contribution < 1.29 is 9.84 Å². The van der Waals surface area contributed by atoms with Gasteiger partial charge in [0.2, 0.25) is 0 Å². The van der Waals surface area contributed by atoms with Gasteiger partial charge in [-0.15, -0.1) is 0 Å². The zero-order valence-corrected chi connectivity index (χ0v) is 12.0. The topological polar surface area (TPSA) is 29.5 Å². The molecule has 2 heteroatoms. The largest absolute Gasteiger partial charge is 0.396 e. The predicted octanol–water partition coefficient (Wildman–Crippen LogP) is 4.06. The van der Waals surface area contributed by atoms with Gasteiger partial charge in [-0.3, -0.25) is 0 Å². The highest BCUT2D eigenvalue weighted by Gasteiger charge is 2.53. The van der Waals surface area contributed by atoms with E-state index in [1.807, 2.05) is 0 Å². The van der Waals surface area contributed by atoms with Gasteiger partial charge >= 0.3 is 0 Å². The summed E-state index contributed by atoms with van der Waals surface area (Å²) in [5, 5.41) is 9.82. The van der Waals surface area contributed by atoms with Crippen LogP contribution in [0.5, 0.6) is 0 Å². The Morgan fingerprint density at radius 1 is 0.889 bits per heavy atom. The fraction of sp³-hybridized carbons (Fsp3) is 1.00. The Hall–Kier alpha value is -0.0800. The van der Waals surface area contributed by atoms with E-state index in [1.54, 1.807) is 0 Å². The van der Waals surface area contributed by atoms with Gasteiger partial charge in [0.05, 0.1) is 18.8 Å². The SMILES string of the molecule is CCC1(CO)C2CCCCCCCCCCC1O2. The molecule has 2 nitrogen and oxygen atoms in total. The smallest absolute Gasteiger partial charge is 0.0682 e. The van der Waals surface area contributed by atoms with Gasteiger partial charge in [-0.2, -0.15) is 0 Å². The molecular weight excluding hydrogens is 224 g/mol. The van der Waals surface area contributed by atoms with Crippen LogP contribution >= 0.6 is 0 Å². The Morgan fingerprint density at radius 3 is 1.72 bits per heavy atom. The molecule has 1 N–H and O–H groups in total. The van der Waals surface area contributed by atoms with E-state index < -0.39 is 0 Å². The zero-order valence-electron chi connectivity index (χ0n) is 12.0. The highest BCUT2D eigenvalue weighted by atomic mass is 16.5. The molecule has 18 heavy (non-hydrogen) atoms. The summed E-state index contributed by atoms with van der Waals surface area (Å²) in [5.74, 6) is 0. The van der Waals surface area contributed by atoms with Gasteiger partial charge in [-0.25, -0.2) is 0 Å². The molecule has 2 atom stereocenters. The molecule has 0 spiro atoms. The number of hydrogen-bond acceptors (Lipinski definition) is 2. The number of hydrogen-bond donors (Lipinski definition) is 1. The highest BCUT2D eigenvalue weighted by Crippen LogP contribution is 2.48. The molecule has 0 aromatic carbocycles. The summed E-state index contributed by atoms with van der Waals surface area (Å²) >= 11 is 0. The maximum Gasteiger partial charge on any atom is 0.0682 e. The van der Waals surface area contributed by atoms with Crippen LogP contribution < -0.4 is 0 Å². The van der Waals surface area contributed by atoms with E-state index >= 15 is 0 Å². The lowest BCUT2D eigenvalue weighted by molar-refractivity contribution is -0.270. The average Bonchev–Trinajstić information content (AvgIpc) is 2.41. The van der Waals surface area contributed by atoms with Crippen LogP contribution in [0.15, 0.2) is 0 Å². The summed E-state index contributed by atoms with van der Waals surface area (Å²) in [5.41, 5.74) is 0.0913. The van der Waals surface area contributed by atoms with Crippen molar-refractivity contribution in [1.29, 1.82) is 0 Å². The molecule has 3 fully saturated rings. The molecule has 2 aliphatic heterocycles. The second-order valence-corrected chi connectivity index (χ2v) is 6.26. The summed E-state index contributed by atoms with van der Waals surface area (Å²) in [6, 6.07) is 0. The molecule has 3 rings (SSSR count). The van der Waals surface area contributed by atoms with Crippen molar-refractivity contribution in [2.45, 2.75) is 89.8 Å². The van der Waals surface area contributed by atoms with Gasteiger partial charge in [0.15, 0.2) is 0 Å². The Bertz CT molecular complexity index is 211. The first-order valence-corrected chi connectivity index (χ1v) is 8.10. The van der Waals surface area contributed by atoms with Gasteiger partial charge in [0.1, 0.15) is 0 Å². The lowest BCUT2D eigenvalue weighted by atomic mass is 9.67. The van der Waals surface area contributed by atoms with Gasteiger partial charge in [0, 0.05) is 5.41 Å². The van der Waals surface area contributed by atoms with E-state index in [0.29, 0.717) is 18.8 Å². The van der Waals surface area contributed by atoms with E-state index in [2.05, 4.69) is 6.92 Å². The lowest BCUT2D eigenvalue weighted by Crippen LogP contribution is -2.61. The quantitative estimate of drug-likeness (QED) is 0.805. The van der Waals surface area contributed by atoms with Crippen molar-refractivity contribution in [3.8, 4) is 0 Å². The number of rotatable bonds is 2. The van der Waals surface area contributed by atoms with Crippen molar-refractivity contribution in [3.05, 3.63) is 0 Å². The maximum absolute atomic E-state index is 9.82. The van der Waals surface area contributed by atoms with E-state index in [4.69, 9.17) is 4.74 Å². The van der Waals surface area contributed by atoms with Crippen LogP contribution in [0.2, 0.25) is 0 Å². The Morgan fingerprint density at radius 2 is 1.33 bits per heavy atom. The van der Waals surface area contributed by atoms with Crippen molar-refractivity contribution >= 4 is 0 Å². The second-order valence-electron chi connectivity index (χ2n) is 6.26. The Labute approximate surface area is 112 Å². The van der Waals surface area contributed by atoms with Crippen LogP contribution in [0.25, 0.3) is 0 Å². The van der Waals surface area contributed by atoms with Crippen LogP contribution in [0.4, 0.5) is 0 Å². The molecule has 3 aliphatic rings. The first-order valence-electron chi connectivity index (χ1n) is 8.10. The number of fused-ring (bicyclic) bond motifs is 9. The molecule has 2 heterocycles. The monoisotopic (exact) mass is 254 g/mol. The number of ether oxygens (including phenoxy) is 1. The first-order chi connectivity index (χ1) is 8.83. The van der Waals surface area contributed by atoms with Gasteiger partial charge in [-0.05, 0) is 19.3 Å². The third-order valence-electron chi connectivity index (χ3n) is 5.25. The second kappa shape index (κ2) is 6.91. The third-order valence-corrected chi connectivity index (χ3v) is 5.25. The minimum atomic E-state index is 0.0913. The van der Waals surface area contributed by atoms with Gasteiger partial charge in [-0.1, -0.05) is 58.3 Å². The minimum Gasteiger partial charge on any atom is -0.396 e. The number of aliphatic hydroxyl groups is 1. The molecule has 2 unspecified atom stereocenters. The fourth-order valence-corrected chi connectivity index (χ4v) is 3.81. The summed E-state index contributed by atoms with van der Waals surface area (Å²) in [4.78, 5) is 0. The summed E-state index contributed by atoms with van der Waals surface area (Å²) in [6.07, 6.45) is 14.9. The van der Waals surface area contributed by atoms with Crippen molar-refractivity contribution in [3.63, 3.8) is 0 Å². The van der Waals surface area contributed by atoms with Crippen molar-refractivity contribution in [1.82, 2.24) is 0 Å². The Kier molecular flexibility index (Phi) is 5.50. The molecule has 0 aromatic rings. The summed E-state index contributed by atoms with van der Waals surface area (Å²) < 4.78 is 6.09. The van der Waals surface area contributed by atoms with E-state index in [-0.39, 0.29) is 5.41 Å². The van der Waals surface area contributed by atoms with Crippen molar-refractivity contribution in [2.24, 2.45) is 5.41 Å². The van der Waals surface area contributed by atoms with Crippen LogP contribution in [-0.4, -0.2) is 23.9 Å². The lowest BCUT2D eigenvalue weighted by Gasteiger charge is -2.55. The van der Waals surface area contributed by atoms with Crippen molar-refractivity contribution in [2.75, 3.05) is 6.61 Å². The Balaban J connectivity index is 1.94. The number of aliphatic hydroxyl groups excluding tert-OH is 1.